The summed E-state index contributed by atoms with van der Waals surface area (Å²) in [5.41, 5.74) is 6.85. The van der Waals surface area contributed by atoms with Crippen LogP contribution < -0.4 is 0 Å². The predicted molar refractivity (Wildman–Crippen MR) is 92.6 cm³/mol. The average molecular weight is 303 g/mol. The highest BCUT2D eigenvalue weighted by atomic mass is 32.2. The Morgan fingerprint density at radius 3 is 2.10 bits per heavy atom. The second kappa shape index (κ2) is 6.28. The van der Waals surface area contributed by atoms with Crippen molar-refractivity contribution in [3.63, 3.8) is 0 Å². The molecule has 0 heterocycles. The van der Waals surface area contributed by atoms with E-state index in [2.05, 4.69) is 71.5 Å². The molecule has 0 nitrogen and oxygen atoms in total. The van der Waals surface area contributed by atoms with E-state index in [4.69, 9.17) is 0 Å². The summed E-state index contributed by atoms with van der Waals surface area (Å²) in [6, 6.07) is 8.83. The summed E-state index contributed by atoms with van der Waals surface area (Å²) in [6.45, 7) is 11.0. The lowest BCUT2D eigenvalue weighted by atomic mass is 10.0. The van der Waals surface area contributed by atoms with Gasteiger partial charge in [0.2, 0.25) is 0 Å². The van der Waals surface area contributed by atoms with Gasteiger partial charge >= 0.3 is 0 Å². The van der Waals surface area contributed by atoms with Crippen LogP contribution in [0.1, 0.15) is 34.7 Å². The molecule has 106 valence electrons. The smallest absolute Gasteiger partial charge is 0.0186 e. The predicted octanol–water partition coefficient (Wildman–Crippen LogP) is 5.92. The Morgan fingerprint density at radius 2 is 1.55 bits per heavy atom. The molecule has 0 aliphatic heterocycles. The van der Waals surface area contributed by atoms with E-state index in [1.165, 1.54) is 37.6 Å². The topological polar surface area (TPSA) is 0 Å². The van der Waals surface area contributed by atoms with Crippen LogP contribution >= 0.6 is 24.4 Å². The lowest BCUT2D eigenvalue weighted by Gasteiger charge is -2.15. The number of aryl methyl sites for hydroxylation is 3. The van der Waals surface area contributed by atoms with Crippen LogP contribution in [0.25, 0.3) is 0 Å². The maximum absolute atomic E-state index is 4.52. The fraction of sp³-hybridized carbons (Fsp3) is 0.333. The maximum Gasteiger partial charge on any atom is 0.0186 e. The highest BCUT2D eigenvalue weighted by Gasteiger charge is 2.10. The highest BCUT2D eigenvalue weighted by Crippen LogP contribution is 2.36. The molecule has 0 aromatic heterocycles. The molecule has 0 aliphatic carbocycles. The molecule has 2 rings (SSSR count). The van der Waals surface area contributed by atoms with Gasteiger partial charge in [-0.05, 0) is 80.1 Å². The first-order chi connectivity index (χ1) is 9.43. The number of benzene rings is 2. The van der Waals surface area contributed by atoms with Gasteiger partial charge in [0.25, 0.3) is 0 Å². The molecule has 20 heavy (non-hydrogen) atoms. The van der Waals surface area contributed by atoms with Gasteiger partial charge in [0.15, 0.2) is 0 Å². The van der Waals surface area contributed by atoms with Gasteiger partial charge in [0.05, 0.1) is 0 Å². The standard InChI is InChI=1S/C18H22S2/c1-6-15-10-16(7-8-17(15)19)20-18-13(4)11(2)9-12(3)14(18)5/h7-10,19H,6H2,1-5H3. The molecule has 0 spiro atoms. The Bertz CT molecular complexity index is 616. The van der Waals surface area contributed by atoms with Gasteiger partial charge in [-0.25, -0.2) is 0 Å². The molecular formula is C18H22S2. The SMILES string of the molecule is CCc1cc(Sc2c(C)c(C)cc(C)c2C)ccc1S. The van der Waals surface area contributed by atoms with Crippen LogP contribution in [-0.4, -0.2) is 0 Å². The number of hydrogen-bond donors (Lipinski definition) is 1. The minimum absolute atomic E-state index is 1.03. The molecule has 0 amide bonds. The van der Waals surface area contributed by atoms with Gasteiger partial charge in [-0.1, -0.05) is 24.8 Å². The van der Waals surface area contributed by atoms with E-state index in [9.17, 15) is 0 Å². The molecule has 0 N–H and O–H groups in total. The van der Waals surface area contributed by atoms with Crippen molar-refractivity contribution in [3.8, 4) is 0 Å². The molecule has 0 aliphatic rings. The molecular weight excluding hydrogens is 280 g/mol. The van der Waals surface area contributed by atoms with Gasteiger partial charge in [0.1, 0.15) is 0 Å². The van der Waals surface area contributed by atoms with Crippen molar-refractivity contribution in [3.05, 3.63) is 52.1 Å². The zero-order valence-electron chi connectivity index (χ0n) is 12.9. The van der Waals surface area contributed by atoms with E-state index < -0.39 is 0 Å². The van der Waals surface area contributed by atoms with E-state index in [1.807, 2.05) is 11.8 Å². The zero-order chi connectivity index (χ0) is 14.9. The summed E-state index contributed by atoms with van der Waals surface area (Å²) in [7, 11) is 0. The van der Waals surface area contributed by atoms with Crippen molar-refractivity contribution in [2.24, 2.45) is 0 Å². The third-order valence-corrected chi connectivity index (χ3v) is 5.69. The van der Waals surface area contributed by atoms with Crippen molar-refractivity contribution >= 4 is 24.4 Å². The molecule has 2 aromatic rings. The third kappa shape index (κ3) is 3.07. The molecule has 0 fully saturated rings. The van der Waals surface area contributed by atoms with Crippen LogP contribution in [0.3, 0.4) is 0 Å². The van der Waals surface area contributed by atoms with E-state index in [0.717, 1.165) is 11.3 Å². The molecule has 2 heteroatoms. The number of thiol groups is 1. The zero-order valence-corrected chi connectivity index (χ0v) is 14.6. The van der Waals surface area contributed by atoms with Gasteiger partial charge < -0.3 is 0 Å². The Kier molecular flexibility index (Phi) is 4.87. The summed E-state index contributed by atoms with van der Waals surface area (Å²) < 4.78 is 0. The van der Waals surface area contributed by atoms with Crippen molar-refractivity contribution < 1.29 is 0 Å². The molecule has 0 bridgehead atoms. The fourth-order valence-electron chi connectivity index (χ4n) is 2.36. The summed E-state index contributed by atoms with van der Waals surface area (Å²) in [5, 5.41) is 0. The van der Waals surface area contributed by atoms with Crippen molar-refractivity contribution in [2.75, 3.05) is 0 Å². The van der Waals surface area contributed by atoms with Crippen LogP contribution in [-0.2, 0) is 6.42 Å². The van der Waals surface area contributed by atoms with Crippen LogP contribution in [0, 0.1) is 27.7 Å². The Hall–Kier alpha value is -0.860. The minimum Gasteiger partial charge on any atom is -0.143 e. The molecule has 0 radical (unpaired) electrons. The molecule has 2 aromatic carbocycles. The van der Waals surface area contributed by atoms with E-state index in [1.54, 1.807) is 0 Å². The number of hydrogen-bond acceptors (Lipinski definition) is 2. The number of rotatable bonds is 3. The van der Waals surface area contributed by atoms with Gasteiger partial charge in [-0.2, -0.15) is 0 Å². The first-order valence-electron chi connectivity index (χ1n) is 7.01. The normalized spacial score (nSPS) is 10.9. The Balaban J connectivity index is 2.45. The lowest BCUT2D eigenvalue weighted by molar-refractivity contribution is 1.06. The summed E-state index contributed by atoms with van der Waals surface area (Å²) in [6.07, 6.45) is 1.03. The van der Waals surface area contributed by atoms with Crippen molar-refractivity contribution in [1.29, 1.82) is 0 Å². The Labute approximate surface area is 132 Å². The highest BCUT2D eigenvalue weighted by molar-refractivity contribution is 7.99. The van der Waals surface area contributed by atoms with Crippen LogP contribution in [0.4, 0.5) is 0 Å². The van der Waals surface area contributed by atoms with E-state index in [-0.39, 0.29) is 0 Å². The van der Waals surface area contributed by atoms with Crippen LogP contribution in [0.15, 0.2) is 39.0 Å². The third-order valence-electron chi connectivity index (χ3n) is 3.95. The molecule has 0 saturated carbocycles. The minimum atomic E-state index is 1.03. The molecule has 0 atom stereocenters. The van der Waals surface area contributed by atoms with Crippen molar-refractivity contribution in [2.45, 2.75) is 55.7 Å². The maximum atomic E-state index is 4.52. The Morgan fingerprint density at radius 1 is 0.950 bits per heavy atom. The summed E-state index contributed by atoms with van der Waals surface area (Å²) >= 11 is 6.39. The van der Waals surface area contributed by atoms with Gasteiger partial charge in [0, 0.05) is 14.7 Å². The van der Waals surface area contributed by atoms with E-state index >= 15 is 0 Å². The lowest BCUT2D eigenvalue weighted by Crippen LogP contribution is -1.93. The van der Waals surface area contributed by atoms with Crippen molar-refractivity contribution in [1.82, 2.24) is 0 Å². The van der Waals surface area contributed by atoms with Crippen LogP contribution in [0.2, 0.25) is 0 Å². The fourth-order valence-corrected chi connectivity index (χ4v) is 3.86. The monoisotopic (exact) mass is 302 g/mol. The largest absolute Gasteiger partial charge is 0.143 e. The molecule has 0 saturated heterocycles. The second-order valence-electron chi connectivity index (χ2n) is 5.34. The molecule has 0 unspecified atom stereocenters. The van der Waals surface area contributed by atoms with Crippen LogP contribution in [0.5, 0.6) is 0 Å². The summed E-state index contributed by atoms with van der Waals surface area (Å²) in [5.74, 6) is 0. The average Bonchev–Trinajstić information content (AvgIpc) is 2.43. The first-order valence-corrected chi connectivity index (χ1v) is 8.27. The first kappa shape index (κ1) is 15.5. The van der Waals surface area contributed by atoms with Gasteiger partial charge in [-0.3, -0.25) is 0 Å². The van der Waals surface area contributed by atoms with Gasteiger partial charge in [-0.15, -0.1) is 12.6 Å². The van der Waals surface area contributed by atoms with E-state index in [0.29, 0.717) is 0 Å². The summed E-state index contributed by atoms with van der Waals surface area (Å²) in [4.78, 5) is 3.79. The quantitative estimate of drug-likeness (QED) is 0.686. The second-order valence-corrected chi connectivity index (χ2v) is 6.90.